The first kappa shape index (κ1) is 106. The Kier molecular flexibility index (Phi) is 49.0. The number of aliphatic carboxylic acids is 6. The summed E-state index contributed by atoms with van der Waals surface area (Å²) in [5, 5.41) is 90.0. The number of nitrogens with two attached hydrogens (primary N) is 5. The molecule has 47 nitrogen and oxygen atoms in total. The standard InChI is InChI=1S/C75H120N20O27/c1-5-39(2)61(73(119)93-52(36-60(106)107)70(116)84-41(4)74(120)95-31-17-24-53(95)72(118)90-47(75(121)122)25-26-56(98)99)94-62(108)40(3)83-69(115)48(32-42-18-7-6-8-19-42)91-71(117)51(35-59(104)105)86-55(97)38-81-64(110)49(33-57(100)101)85-54(96)37-82-65(111)50(34-58(102)103)92-68(114)46(23-12-16-30-79)89-67(113)45(22-11-15-29-78)88-66(112)44(21-10-14-28-77)87-63(109)43(80)20-9-13-27-76/h6-8,18-19,39-41,43-53,61H,5,9-17,20-38,76-80H2,1-4H3,(H,81,110)(H,82,111)(H,83,115)(H,84,116)(H,85,96)(H,86,97)(H,87,109)(H,88,112)(H,89,113)(H,90,118)(H,91,117)(H,92,114)(H,93,119)(H,94,108)(H,98,99)(H,100,101)(H,102,103)(H,104,105)(H,106,107)(H,121,122)/t39-,40-,41-,43-,44-,45-,46-,47-,48-,49-,50-,51-,52-,53-,61-/m0/s1. The number of likely N-dealkylation sites (tertiary alicyclic amines) is 1. The first-order valence-electron chi connectivity index (χ1n) is 40.0. The lowest BCUT2D eigenvalue weighted by atomic mass is 9.97. The maximum atomic E-state index is 14.2. The number of carbonyl (C=O) groups is 21. The Morgan fingerprint density at radius 2 is 0.770 bits per heavy atom. The molecule has 0 aromatic heterocycles. The van der Waals surface area contributed by atoms with Crippen LogP contribution in [0.5, 0.6) is 0 Å². The average Bonchev–Trinajstić information content (AvgIpc) is 1.66. The molecule has 0 radical (unpaired) electrons. The maximum Gasteiger partial charge on any atom is 0.326 e. The van der Waals surface area contributed by atoms with Crippen LogP contribution in [-0.2, 0) is 107 Å². The quantitative estimate of drug-likeness (QED) is 0.0269. The van der Waals surface area contributed by atoms with E-state index in [0.717, 1.165) is 11.8 Å². The number of benzene rings is 1. The van der Waals surface area contributed by atoms with Gasteiger partial charge < -0.3 is 139 Å². The summed E-state index contributed by atoms with van der Waals surface area (Å²) in [6.45, 7) is 4.07. The van der Waals surface area contributed by atoms with E-state index in [1.165, 1.54) is 26.0 Å². The highest BCUT2D eigenvalue weighted by Crippen LogP contribution is 2.21. The summed E-state index contributed by atoms with van der Waals surface area (Å²) < 4.78 is 0. The van der Waals surface area contributed by atoms with Crippen molar-refractivity contribution in [2.75, 3.05) is 45.8 Å². The van der Waals surface area contributed by atoms with Gasteiger partial charge in [-0.1, -0.05) is 57.0 Å². The minimum Gasteiger partial charge on any atom is -0.481 e. The van der Waals surface area contributed by atoms with Crippen molar-refractivity contribution in [3.8, 4) is 0 Å². The van der Waals surface area contributed by atoms with Gasteiger partial charge in [0.05, 0.1) is 44.8 Å². The molecule has 1 aliphatic rings. The lowest BCUT2D eigenvalue weighted by molar-refractivity contribution is -0.145. The van der Waals surface area contributed by atoms with Crippen LogP contribution >= 0.6 is 0 Å². The summed E-state index contributed by atoms with van der Waals surface area (Å²) in [4.78, 5) is 279. The van der Waals surface area contributed by atoms with Crippen LogP contribution in [0.1, 0.15) is 168 Å². The number of amides is 15. The second-order valence-corrected chi connectivity index (χ2v) is 29.2. The van der Waals surface area contributed by atoms with E-state index < -0.39 is 267 Å². The van der Waals surface area contributed by atoms with Crippen molar-refractivity contribution >= 4 is 124 Å². The summed E-state index contributed by atoms with van der Waals surface area (Å²) in [5.41, 5.74) is 29.2. The van der Waals surface area contributed by atoms with Crippen molar-refractivity contribution in [1.82, 2.24) is 79.3 Å². The molecule has 682 valence electrons. The molecular formula is C75H120N20O27. The first-order valence-corrected chi connectivity index (χ1v) is 40.0. The van der Waals surface area contributed by atoms with E-state index in [1.54, 1.807) is 25.1 Å². The number of hydrogen-bond acceptors (Lipinski definition) is 26. The third-order valence-electron chi connectivity index (χ3n) is 19.3. The minimum absolute atomic E-state index is 0.0227. The predicted molar refractivity (Wildman–Crippen MR) is 428 cm³/mol. The minimum atomic E-state index is -2.07. The molecular weight excluding hydrogens is 1610 g/mol. The van der Waals surface area contributed by atoms with E-state index in [2.05, 4.69) is 63.8 Å². The largest absolute Gasteiger partial charge is 0.481 e. The van der Waals surface area contributed by atoms with E-state index >= 15 is 0 Å². The third kappa shape index (κ3) is 40.3. The summed E-state index contributed by atoms with van der Waals surface area (Å²) >= 11 is 0. The normalized spacial score (nSPS) is 15.7. The number of nitrogens with one attached hydrogen (secondary N) is 14. The van der Waals surface area contributed by atoms with Gasteiger partial charge in [-0.2, -0.15) is 0 Å². The number of carboxylic acid groups (broad SMARTS) is 6. The molecule has 122 heavy (non-hydrogen) atoms. The van der Waals surface area contributed by atoms with Crippen LogP contribution in [0.2, 0.25) is 0 Å². The third-order valence-corrected chi connectivity index (χ3v) is 19.3. The van der Waals surface area contributed by atoms with Crippen LogP contribution in [-0.4, -0.2) is 290 Å². The Balaban J connectivity index is 2.30. The summed E-state index contributed by atoms with van der Waals surface area (Å²) in [6, 6.07) is -14.6. The number of unbranched alkanes of at least 4 members (excludes halogenated alkanes) is 4. The van der Waals surface area contributed by atoms with Crippen LogP contribution in [0.4, 0.5) is 0 Å². The number of rotatable bonds is 61. The molecule has 15 atom stereocenters. The fourth-order valence-electron chi connectivity index (χ4n) is 12.3. The zero-order valence-electron chi connectivity index (χ0n) is 68.6. The van der Waals surface area contributed by atoms with E-state index in [4.69, 9.17) is 33.8 Å². The van der Waals surface area contributed by atoms with Gasteiger partial charge in [0.1, 0.15) is 78.5 Å². The molecule has 1 aromatic carbocycles. The van der Waals surface area contributed by atoms with Crippen LogP contribution in [0.3, 0.4) is 0 Å². The smallest absolute Gasteiger partial charge is 0.326 e. The van der Waals surface area contributed by atoms with Crippen molar-refractivity contribution in [3.05, 3.63) is 35.9 Å². The molecule has 1 fully saturated rings. The molecule has 0 saturated carbocycles. The molecule has 0 unspecified atom stereocenters. The van der Waals surface area contributed by atoms with Crippen molar-refractivity contribution in [2.45, 2.75) is 254 Å². The molecule has 1 aromatic rings. The van der Waals surface area contributed by atoms with Gasteiger partial charge in [-0.05, 0) is 141 Å². The first-order chi connectivity index (χ1) is 57.6. The fraction of sp³-hybridized carbons (Fsp3) is 0.640. The summed E-state index contributed by atoms with van der Waals surface area (Å²) in [5.74, 6) is -26.7. The molecule has 2 rings (SSSR count). The Morgan fingerprint density at radius 3 is 1.20 bits per heavy atom. The second-order valence-electron chi connectivity index (χ2n) is 29.2. The number of nitrogens with zero attached hydrogens (tertiary/aromatic N) is 1. The lowest BCUT2D eigenvalue weighted by Gasteiger charge is -2.30. The van der Waals surface area contributed by atoms with Gasteiger partial charge in [0.15, 0.2) is 0 Å². The Morgan fingerprint density at radius 1 is 0.393 bits per heavy atom. The molecule has 1 saturated heterocycles. The topological polar surface area (TPSA) is 782 Å². The van der Waals surface area contributed by atoms with Gasteiger partial charge in [-0.3, -0.25) is 95.9 Å². The van der Waals surface area contributed by atoms with Crippen molar-refractivity contribution in [2.24, 2.45) is 34.6 Å². The summed E-state index contributed by atoms with van der Waals surface area (Å²) in [6.07, 6.45) is -2.23. The van der Waals surface area contributed by atoms with Gasteiger partial charge >= 0.3 is 35.8 Å². The highest BCUT2D eigenvalue weighted by molar-refractivity contribution is 6.02. The van der Waals surface area contributed by atoms with Gasteiger partial charge in [-0.25, -0.2) is 4.79 Å². The fourth-order valence-corrected chi connectivity index (χ4v) is 12.3. The summed E-state index contributed by atoms with van der Waals surface area (Å²) in [7, 11) is 0. The van der Waals surface area contributed by atoms with Crippen molar-refractivity contribution < 1.29 is 131 Å². The molecule has 30 N–H and O–H groups in total. The average molecular weight is 1730 g/mol. The van der Waals surface area contributed by atoms with Crippen LogP contribution < -0.4 is 103 Å². The van der Waals surface area contributed by atoms with E-state index in [-0.39, 0.29) is 90.4 Å². The van der Waals surface area contributed by atoms with Crippen LogP contribution in [0, 0.1) is 5.92 Å². The van der Waals surface area contributed by atoms with Crippen molar-refractivity contribution in [3.63, 3.8) is 0 Å². The molecule has 1 heterocycles. The maximum absolute atomic E-state index is 14.2. The van der Waals surface area contributed by atoms with Crippen LogP contribution in [0.15, 0.2) is 30.3 Å². The Hall–Kier alpha value is -12.1. The molecule has 47 heteroatoms. The molecule has 0 spiro atoms. The predicted octanol–water partition coefficient (Wildman–Crippen LogP) is -7.95. The Bertz CT molecular complexity index is 3770. The zero-order valence-corrected chi connectivity index (χ0v) is 68.6. The van der Waals surface area contributed by atoms with Crippen LogP contribution in [0.25, 0.3) is 0 Å². The lowest BCUT2D eigenvalue weighted by Crippen LogP contribution is -2.61. The molecule has 0 aliphatic carbocycles. The Labute approximate surface area is 702 Å². The van der Waals surface area contributed by atoms with Gasteiger partial charge in [-0.15, -0.1) is 0 Å². The number of carbonyl (C=O) groups excluding carboxylic acids is 15. The molecule has 1 aliphatic heterocycles. The molecule has 0 bridgehead atoms. The van der Waals surface area contributed by atoms with Crippen molar-refractivity contribution in [1.29, 1.82) is 0 Å². The molecule has 15 amide bonds. The van der Waals surface area contributed by atoms with Gasteiger partial charge in [0, 0.05) is 19.4 Å². The van der Waals surface area contributed by atoms with E-state index in [1.807, 2.05) is 10.6 Å². The SMILES string of the molecule is CC[C@H](C)[C@H](NC(=O)[C@H](C)NC(=O)[C@H](Cc1ccccc1)NC(=O)[C@H](CC(=O)O)NC(=O)CNC(=O)[C@H](CC(=O)O)NC(=O)CNC(=O)[C@H](CC(=O)O)NC(=O)[C@H](CCCCN)NC(=O)[C@H](CCCCN)NC(=O)[C@H](CCCCN)NC(=O)[C@@H](N)CCCCN)C(=O)N[C@@H](CC(=O)O)C(=O)N[C@@H](C)C(=O)N1CCC[C@H]1C(=O)N[C@@H](CCC(=O)O)C(=O)O. The number of hydrogen-bond donors (Lipinski definition) is 25. The van der Waals surface area contributed by atoms with Gasteiger partial charge in [0.25, 0.3) is 0 Å². The zero-order chi connectivity index (χ0) is 91.9. The van der Waals surface area contributed by atoms with Gasteiger partial charge in [0.2, 0.25) is 88.6 Å². The number of carboxylic acids is 6. The highest BCUT2D eigenvalue weighted by atomic mass is 16.4. The second kappa shape index (κ2) is 56.4. The highest BCUT2D eigenvalue weighted by Gasteiger charge is 2.41. The van der Waals surface area contributed by atoms with E-state index in [9.17, 15) is 126 Å². The van der Waals surface area contributed by atoms with E-state index in [0.29, 0.717) is 50.6 Å². The monoisotopic (exact) mass is 1730 g/mol.